The fourth-order valence-electron chi connectivity index (χ4n) is 2.19. The highest BCUT2D eigenvalue weighted by molar-refractivity contribution is 7.13. The predicted octanol–water partition coefficient (Wildman–Crippen LogP) is 3.60. The number of nitrogens with zero attached hydrogens (tertiary/aromatic N) is 2. The van der Waals surface area contributed by atoms with Crippen molar-refractivity contribution in [3.63, 3.8) is 0 Å². The van der Waals surface area contributed by atoms with Gasteiger partial charge >= 0.3 is 12.3 Å². The number of thiazole rings is 1. The van der Waals surface area contributed by atoms with Crippen LogP contribution in [0.1, 0.15) is 41.9 Å². The quantitative estimate of drug-likeness (QED) is 0.765. The van der Waals surface area contributed by atoms with Crippen molar-refractivity contribution in [1.82, 2.24) is 9.88 Å². The largest absolute Gasteiger partial charge is 0.444 e. The van der Waals surface area contributed by atoms with E-state index in [0.717, 1.165) is 6.20 Å². The van der Waals surface area contributed by atoms with Gasteiger partial charge in [-0.15, -0.1) is 11.3 Å². The first-order valence-corrected chi connectivity index (χ1v) is 7.84. The lowest BCUT2D eigenvalue weighted by atomic mass is 10.0. The number of likely N-dealkylation sites (tertiary alicyclic amines) is 1. The molecule has 1 aromatic rings. The molecule has 1 unspecified atom stereocenters. The molecule has 1 amide bonds. The molecular weight excluding hydrogens is 333 g/mol. The van der Waals surface area contributed by atoms with E-state index >= 15 is 0 Å². The van der Waals surface area contributed by atoms with Crippen molar-refractivity contribution in [3.05, 3.63) is 16.1 Å². The van der Waals surface area contributed by atoms with Gasteiger partial charge in [0.25, 0.3) is 0 Å². The average molecular weight is 350 g/mol. The molecule has 5 nitrogen and oxygen atoms in total. The van der Waals surface area contributed by atoms with Crippen LogP contribution in [0.25, 0.3) is 0 Å². The van der Waals surface area contributed by atoms with Gasteiger partial charge in [0.2, 0.25) is 0 Å². The summed E-state index contributed by atoms with van der Waals surface area (Å²) in [7, 11) is 0. The minimum atomic E-state index is -4.55. The smallest absolute Gasteiger partial charge is 0.443 e. The molecule has 0 aromatic carbocycles. The summed E-state index contributed by atoms with van der Waals surface area (Å²) in [5.74, 6) is -0.937. The number of ketones is 1. The van der Waals surface area contributed by atoms with Gasteiger partial charge in [-0.2, -0.15) is 13.2 Å². The summed E-state index contributed by atoms with van der Waals surface area (Å²) in [6, 6.07) is 0. The van der Waals surface area contributed by atoms with Crippen LogP contribution in [0.4, 0.5) is 18.0 Å². The number of amides is 1. The van der Waals surface area contributed by atoms with E-state index in [0.29, 0.717) is 24.3 Å². The molecule has 1 saturated heterocycles. The van der Waals surface area contributed by atoms with Crippen molar-refractivity contribution in [3.8, 4) is 0 Å². The minimum Gasteiger partial charge on any atom is -0.444 e. The van der Waals surface area contributed by atoms with Gasteiger partial charge in [-0.05, 0) is 27.2 Å². The lowest BCUT2D eigenvalue weighted by molar-refractivity contribution is -0.137. The first-order valence-electron chi connectivity index (χ1n) is 7.02. The summed E-state index contributed by atoms with van der Waals surface area (Å²) < 4.78 is 42.8. The van der Waals surface area contributed by atoms with E-state index in [1.165, 1.54) is 4.90 Å². The molecule has 1 atom stereocenters. The van der Waals surface area contributed by atoms with Gasteiger partial charge in [-0.25, -0.2) is 9.78 Å². The minimum absolute atomic E-state index is 0.0339. The molecule has 1 aromatic heterocycles. The van der Waals surface area contributed by atoms with E-state index in [4.69, 9.17) is 4.74 Å². The SMILES string of the molecule is CC(C)(C)OC(=O)N1CCC(C(=O)c2cnc(C(F)(F)F)s2)C1. The van der Waals surface area contributed by atoms with Gasteiger partial charge < -0.3 is 9.64 Å². The maximum atomic E-state index is 12.5. The number of ether oxygens (including phenoxy) is 1. The maximum Gasteiger partial charge on any atom is 0.443 e. The highest BCUT2D eigenvalue weighted by Gasteiger charge is 2.38. The first-order chi connectivity index (χ1) is 10.5. The number of carbonyl (C=O) groups excluding carboxylic acids is 2. The summed E-state index contributed by atoms with van der Waals surface area (Å²) in [5.41, 5.74) is -0.640. The Hall–Kier alpha value is -1.64. The number of aromatic nitrogens is 1. The van der Waals surface area contributed by atoms with Crippen LogP contribution in [0, 0.1) is 5.92 Å². The Bertz CT molecular complexity index is 607. The molecule has 128 valence electrons. The van der Waals surface area contributed by atoms with Crippen molar-refractivity contribution in [2.45, 2.75) is 39.0 Å². The van der Waals surface area contributed by atoms with Gasteiger partial charge in [0, 0.05) is 25.2 Å². The highest BCUT2D eigenvalue weighted by Crippen LogP contribution is 2.34. The molecule has 0 N–H and O–H groups in total. The number of carbonyl (C=O) groups is 2. The topological polar surface area (TPSA) is 59.5 Å². The zero-order chi connectivity index (χ0) is 17.4. The molecule has 0 bridgehead atoms. The standard InChI is InChI=1S/C14H17F3N2O3S/c1-13(2,3)22-12(21)19-5-4-8(7-19)10(20)9-6-18-11(23-9)14(15,16)17/h6,8H,4-5,7H2,1-3H3. The molecule has 0 saturated carbocycles. The van der Waals surface area contributed by atoms with Gasteiger partial charge in [-0.1, -0.05) is 0 Å². The maximum absolute atomic E-state index is 12.5. The molecule has 0 spiro atoms. The zero-order valence-corrected chi connectivity index (χ0v) is 13.8. The second-order valence-electron chi connectivity index (χ2n) is 6.30. The fourth-order valence-corrected chi connectivity index (χ4v) is 2.99. The number of hydrogen-bond acceptors (Lipinski definition) is 5. The third kappa shape index (κ3) is 4.43. The van der Waals surface area contributed by atoms with Crippen molar-refractivity contribution >= 4 is 23.2 Å². The Labute approximate surface area is 135 Å². The van der Waals surface area contributed by atoms with E-state index in [2.05, 4.69) is 4.98 Å². The fraction of sp³-hybridized carbons (Fsp3) is 0.643. The van der Waals surface area contributed by atoms with Crippen LogP contribution in [0.15, 0.2) is 6.20 Å². The molecule has 0 aliphatic carbocycles. The Morgan fingerprint density at radius 3 is 2.52 bits per heavy atom. The van der Waals surface area contributed by atoms with Crippen LogP contribution in [-0.2, 0) is 10.9 Å². The van der Waals surface area contributed by atoms with Crippen LogP contribution in [0.5, 0.6) is 0 Å². The van der Waals surface area contributed by atoms with Crippen LogP contribution in [0.2, 0.25) is 0 Å². The van der Waals surface area contributed by atoms with Crippen LogP contribution in [-0.4, -0.2) is 40.5 Å². The summed E-state index contributed by atoms with van der Waals surface area (Å²) in [6.45, 7) is 5.70. The van der Waals surface area contributed by atoms with E-state index in [9.17, 15) is 22.8 Å². The Balaban J connectivity index is 2.00. The molecule has 1 aliphatic rings. The normalized spacial score (nSPS) is 19.0. The van der Waals surface area contributed by atoms with Crippen molar-refractivity contribution in [2.75, 3.05) is 13.1 Å². The number of halogens is 3. The third-order valence-corrected chi connectivity index (χ3v) is 4.26. The van der Waals surface area contributed by atoms with Gasteiger partial charge in [0.1, 0.15) is 5.60 Å². The molecule has 1 fully saturated rings. The molecule has 0 radical (unpaired) electrons. The number of hydrogen-bond donors (Lipinski definition) is 0. The van der Waals surface area contributed by atoms with Crippen molar-refractivity contribution in [2.24, 2.45) is 5.92 Å². The number of alkyl halides is 3. The number of rotatable bonds is 2. The van der Waals surface area contributed by atoms with Crippen LogP contribution in [0.3, 0.4) is 0 Å². The molecule has 23 heavy (non-hydrogen) atoms. The Morgan fingerprint density at radius 2 is 2.00 bits per heavy atom. The monoisotopic (exact) mass is 350 g/mol. The lowest BCUT2D eigenvalue weighted by Crippen LogP contribution is -2.35. The summed E-state index contributed by atoms with van der Waals surface area (Å²) in [6.07, 6.45) is -3.72. The summed E-state index contributed by atoms with van der Waals surface area (Å²) in [5, 5.41) is -1.04. The highest BCUT2D eigenvalue weighted by atomic mass is 32.1. The third-order valence-electron chi connectivity index (χ3n) is 3.20. The first kappa shape index (κ1) is 17.7. The van der Waals surface area contributed by atoms with E-state index in [1.807, 2.05) is 0 Å². The summed E-state index contributed by atoms with van der Waals surface area (Å²) in [4.78, 5) is 28.8. The number of Topliss-reactive ketones (excluding diaryl/α,β-unsaturated/α-hetero) is 1. The molecule has 2 heterocycles. The Morgan fingerprint density at radius 1 is 1.35 bits per heavy atom. The van der Waals surface area contributed by atoms with Crippen LogP contribution < -0.4 is 0 Å². The van der Waals surface area contributed by atoms with E-state index < -0.39 is 34.6 Å². The molecule has 2 rings (SSSR count). The molecule has 9 heteroatoms. The van der Waals surface area contributed by atoms with Crippen molar-refractivity contribution < 1.29 is 27.5 Å². The van der Waals surface area contributed by atoms with Gasteiger partial charge in [0.15, 0.2) is 10.8 Å². The van der Waals surface area contributed by atoms with Gasteiger partial charge in [-0.3, -0.25) is 4.79 Å². The Kier molecular flexibility index (Phi) is 4.70. The van der Waals surface area contributed by atoms with Gasteiger partial charge in [0.05, 0.1) is 4.88 Å². The zero-order valence-electron chi connectivity index (χ0n) is 12.9. The van der Waals surface area contributed by atoms with E-state index in [1.54, 1.807) is 20.8 Å². The predicted molar refractivity (Wildman–Crippen MR) is 77.4 cm³/mol. The van der Waals surface area contributed by atoms with Crippen molar-refractivity contribution in [1.29, 1.82) is 0 Å². The average Bonchev–Trinajstić information content (AvgIpc) is 3.05. The van der Waals surface area contributed by atoms with Crippen LogP contribution >= 0.6 is 11.3 Å². The summed E-state index contributed by atoms with van der Waals surface area (Å²) >= 11 is 0.334. The van der Waals surface area contributed by atoms with E-state index in [-0.39, 0.29) is 11.4 Å². The second kappa shape index (κ2) is 6.10. The second-order valence-corrected chi connectivity index (χ2v) is 7.33. The lowest BCUT2D eigenvalue weighted by Gasteiger charge is -2.24. The molecular formula is C14H17F3N2O3S. The molecule has 1 aliphatic heterocycles.